The second-order valence-corrected chi connectivity index (χ2v) is 5.08. The molecule has 3 heteroatoms. The minimum Gasteiger partial charge on any atom is -0.453 e. The Kier molecular flexibility index (Phi) is 6.46. The van der Waals surface area contributed by atoms with Gasteiger partial charge in [-0.3, -0.25) is 0 Å². The molecule has 0 N–H and O–H groups in total. The molecule has 0 spiro atoms. The summed E-state index contributed by atoms with van der Waals surface area (Å²) in [6, 6.07) is 0. The highest BCUT2D eigenvalue weighted by Gasteiger charge is 2.30. The lowest BCUT2D eigenvalue weighted by molar-refractivity contribution is 0.0733. The van der Waals surface area contributed by atoms with E-state index >= 15 is 0 Å². The standard InChI is InChI=1S/C13H27NO2/c1-7-11(3)9-10-13(4,5)14(8-2)12(15)16-6/h11H,7-10H2,1-6H3. The predicted molar refractivity (Wildman–Crippen MR) is 67.6 cm³/mol. The van der Waals surface area contributed by atoms with Crippen LogP contribution in [0.4, 0.5) is 4.79 Å². The number of carbonyl (C=O) groups excluding carboxylic acids is 1. The van der Waals surface area contributed by atoms with Crippen molar-refractivity contribution in [2.75, 3.05) is 13.7 Å². The molecular weight excluding hydrogens is 202 g/mol. The smallest absolute Gasteiger partial charge is 0.409 e. The fraction of sp³-hybridized carbons (Fsp3) is 0.923. The molecule has 0 aliphatic heterocycles. The van der Waals surface area contributed by atoms with E-state index in [4.69, 9.17) is 4.74 Å². The zero-order chi connectivity index (χ0) is 12.8. The van der Waals surface area contributed by atoms with Gasteiger partial charge in [0, 0.05) is 12.1 Å². The van der Waals surface area contributed by atoms with E-state index in [1.54, 1.807) is 4.90 Å². The molecule has 0 aliphatic carbocycles. The van der Waals surface area contributed by atoms with E-state index in [9.17, 15) is 4.79 Å². The molecule has 16 heavy (non-hydrogen) atoms. The number of methoxy groups -OCH3 is 1. The monoisotopic (exact) mass is 229 g/mol. The Bertz CT molecular complexity index is 214. The zero-order valence-electron chi connectivity index (χ0n) is 11.7. The van der Waals surface area contributed by atoms with E-state index in [2.05, 4.69) is 27.7 Å². The van der Waals surface area contributed by atoms with Crippen molar-refractivity contribution < 1.29 is 9.53 Å². The molecule has 1 amide bonds. The van der Waals surface area contributed by atoms with Gasteiger partial charge in [0.15, 0.2) is 0 Å². The first-order chi connectivity index (χ1) is 7.38. The second kappa shape index (κ2) is 6.77. The Hall–Kier alpha value is -0.730. The summed E-state index contributed by atoms with van der Waals surface area (Å²) in [5.41, 5.74) is -0.120. The predicted octanol–water partition coefficient (Wildman–Crippen LogP) is 3.68. The largest absolute Gasteiger partial charge is 0.453 e. The third-order valence-electron chi connectivity index (χ3n) is 3.39. The summed E-state index contributed by atoms with van der Waals surface area (Å²) in [6.45, 7) is 11.4. The van der Waals surface area contributed by atoms with E-state index in [0.29, 0.717) is 6.54 Å². The molecule has 0 radical (unpaired) electrons. The fourth-order valence-electron chi connectivity index (χ4n) is 1.85. The summed E-state index contributed by atoms with van der Waals surface area (Å²) in [4.78, 5) is 13.4. The van der Waals surface area contributed by atoms with Crippen molar-refractivity contribution in [1.82, 2.24) is 4.90 Å². The van der Waals surface area contributed by atoms with Crippen molar-refractivity contribution in [1.29, 1.82) is 0 Å². The van der Waals surface area contributed by atoms with Crippen LogP contribution in [-0.2, 0) is 4.74 Å². The SMILES string of the molecule is CCC(C)CCC(C)(C)N(CC)C(=O)OC. The molecule has 0 heterocycles. The van der Waals surface area contributed by atoms with Gasteiger partial charge in [-0.1, -0.05) is 20.3 Å². The summed E-state index contributed by atoms with van der Waals surface area (Å²) in [7, 11) is 1.44. The average molecular weight is 229 g/mol. The van der Waals surface area contributed by atoms with E-state index in [1.807, 2.05) is 6.92 Å². The molecule has 0 aromatic carbocycles. The number of rotatable bonds is 6. The maximum Gasteiger partial charge on any atom is 0.409 e. The van der Waals surface area contributed by atoms with E-state index in [0.717, 1.165) is 18.8 Å². The van der Waals surface area contributed by atoms with Crippen LogP contribution in [0.15, 0.2) is 0 Å². The molecule has 0 saturated heterocycles. The van der Waals surface area contributed by atoms with Gasteiger partial charge in [-0.15, -0.1) is 0 Å². The number of hydrogen-bond acceptors (Lipinski definition) is 2. The number of ether oxygens (including phenoxy) is 1. The van der Waals surface area contributed by atoms with Gasteiger partial charge in [-0.05, 0) is 39.5 Å². The van der Waals surface area contributed by atoms with Crippen LogP contribution in [0, 0.1) is 5.92 Å². The molecule has 96 valence electrons. The Balaban J connectivity index is 4.42. The lowest BCUT2D eigenvalue weighted by Crippen LogP contribution is -2.47. The van der Waals surface area contributed by atoms with Gasteiger partial charge in [-0.2, -0.15) is 0 Å². The van der Waals surface area contributed by atoms with Crippen LogP contribution in [0.5, 0.6) is 0 Å². The van der Waals surface area contributed by atoms with Crippen molar-refractivity contribution >= 4 is 6.09 Å². The van der Waals surface area contributed by atoms with Gasteiger partial charge >= 0.3 is 6.09 Å². The van der Waals surface area contributed by atoms with Gasteiger partial charge < -0.3 is 9.64 Å². The van der Waals surface area contributed by atoms with Crippen LogP contribution in [0.2, 0.25) is 0 Å². The molecule has 1 unspecified atom stereocenters. The normalized spacial score (nSPS) is 13.4. The van der Waals surface area contributed by atoms with Gasteiger partial charge in [0.1, 0.15) is 0 Å². The molecular formula is C13H27NO2. The summed E-state index contributed by atoms with van der Waals surface area (Å²) in [6.07, 6.45) is 3.14. The third kappa shape index (κ3) is 4.42. The Labute approximate surface area is 100 Å². The summed E-state index contributed by atoms with van der Waals surface area (Å²) >= 11 is 0. The highest BCUT2D eigenvalue weighted by molar-refractivity contribution is 5.68. The fourth-order valence-corrected chi connectivity index (χ4v) is 1.85. The first-order valence-electron chi connectivity index (χ1n) is 6.24. The number of hydrogen-bond donors (Lipinski definition) is 0. The van der Waals surface area contributed by atoms with Crippen LogP contribution in [0.25, 0.3) is 0 Å². The third-order valence-corrected chi connectivity index (χ3v) is 3.39. The molecule has 3 nitrogen and oxygen atoms in total. The molecule has 0 aliphatic rings. The maximum atomic E-state index is 11.6. The highest BCUT2D eigenvalue weighted by atomic mass is 16.5. The summed E-state index contributed by atoms with van der Waals surface area (Å²) in [5.74, 6) is 0.718. The van der Waals surface area contributed by atoms with Gasteiger partial charge in [0.05, 0.1) is 7.11 Å². The first kappa shape index (κ1) is 15.3. The van der Waals surface area contributed by atoms with Gasteiger partial charge in [0.2, 0.25) is 0 Å². The van der Waals surface area contributed by atoms with E-state index < -0.39 is 0 Å². The molecule has 0 aromatic rings. The number of amides is 1. The molecule has 0 aromatic heterocycles. The van der Waals surface area contributed by atoms with Gasteiger partial charge in [0.25, 0.3) is 0 Å². The topological polar surface area (TPSA) is 29.5 Å². The van der Waals surface area contributed by atoms with Crippen LogP contribution in [-0.4, -0.2) is 30.2 Å². The zero-order valence-corrected chi connectivity index (χ0v) is 11.7. The lowest BCUT2D eigenvalue weighted by Gasteiger charge is -2.37. The van der Waals surface area contributed by atoms with Crippen LogP contribution in [0.1, 0.15) is 53.9 Å². The summed E-state index contributed by atoms with van der Waals surface area (Å²) in [5, 5.41) is 0. The van der Waals surface area contributed by atoms with E-state index in [-0.39, 0.29) is 11.6 Å². The van der Waals surface area contributed by atoms with Crippen molar-refractivity contribution in [3.8, 4) is 0 Å². The first-order valence-corrected chi connectivity index (χ1v) is 6.24. The highest BCUT2D eigenvalue weighted by Crippen LogP contribution is 2.24. The molecule has 0 saturated carbocycles. The minimum absolute atomic E-state index is 0.120. The van der Waals surface area contributed by atoms with Crippen LogP contribution < -0.4 is 0 Å². The number of carbonyl (C=O) groups is 1. The average Bonchev–Trinajstić information content (AvgIpc) is 2.26. The molecule has 0 rings (SSSR count). The van der Waals surface area contributed by atoms with Gasteiger partial charge in [-0.25, -0.2) is 4.79 Å². The molecule has 1 atom stereocenters. The van der Waals surface area contributed by atoms with Crippen LogP contribution >= 0.6 is 0 Å². The van der Waals surface area contributed by atoms with Crippen LogP contribution in [0.3, 0.4) is 0 Å². The Morgan fingerprint density at radius 1 is 1.38 bits per heavy atom. The van der Waals surface area contributed by atoms with Crippen molar-refractivity contribution in [2.45, 2.75) is 59.4 Å². The molecule has 0 bridgehead atoms. The Morgan fingerprint density at radius 2 is 1.94 bits per heavy atom. The molecule has 0 fully saturated rings. The minimum atomic E-state index is -0.225. The lowest BCUT2D eigenvalue weighted by atomic mass is 9.90. The van der Waals surface area contributed by atoms with Crippen molar-refractivity contribution in [3.63, 3.8) is 0 Å². The van der Waals surface area contributed by atoms with Crippen molar-refractivity contribution in [3.05, 3.63) is 0 Å². The second-order valence-electron chi connectivity index (χ2n) is 5.08. The van der Waals surface area contributed by atoms with E-state index in [1.165, 1.54) is 13.5 Å². The summed E-state index contributed by atoms with van der Waals surface area (Å²) < 4.78 is 4.81. The maximum absolute atomic E-state index is 11.6. The van der Waals surface area contributed by atoms with Crippen molar-refractivity contribution in [2.24, 2.45) is 5.92 Å². The Morgan fingerprint density at radius 3 is 2.31 bits per heavy atom. The number of nitrogens with zero attached hydrogens (tertiary/aromatic N) is 1. The quantitative estimate of drug-likeness (QED) is 0.695.